The van der Waals surface area contributed by atoms with Crippen molar-refractivity contribution in [1.82, 2.24) is 10.6 Å². The number of ether oxygens (including phenoxy) is 3. The van der Waals surface area contributed by atoms with Crippen molar-refractivity contribution in [3.63, 3.8) is 0 Å². The Morgan fingerprint density at radius 1 is 1.00 bits per heavy atom. The summed E-state index contributed by atoms with van der Waals surface area (Å²) in [7, 11) is 3.09. The molecule has 0 unspecified atom stereocenters. The second-order valence-electron chi connectivity index (χ2n) is 4.22. The van der Waals surface area contributed by atoms with Gasteiger partial charge in [0.25, 0.3) is 0 Å². The summed E-state index contributed by atoms with van der Waals surface area (Å²) in [5.74, 6) is 0.808. The fraction of sp³-hybridized carbons (Fsp3) is 0.429. The molecule has 0 spiro atoms. The molecule has 0 bridgehead atoms. The van der Waals surface area contributed by atoms with E-state index in [0.29, 0.717) is 17.2 Å². The Hall–Kier alpha value is -2.64. The first-order valence-electron chi connectivity index (χ1n) is 6.64. The van der Waals surface area contributed by atoms with E-state index in [0.717, 1.165) is 0 Å². The number of aliphatic carboxylic acids is 1. The van der Waals surface area contributed by atoms with Crippen LogP contribution in [0.15, 0.2) is 18.2 Å². The van der Waals surface area contributed by atoms with Crippen LogP contribution in [-0.2, 0) is 4.79 Å². The number of amides is 2. The summed E-state index contributed by atoms with van der Waals surface area (Å²) in [6.07, 6.45) is -0.118. The van der Waals surface area contributed by atoms with Crippen LogP contribution in [0.2, 0.25) is 0 Å². The van der Waals surface area contributed by atoms with E-state index in [1.807, 2.05) is 0 Å². The lowest BCUT2D eigenvalue weighted by molar-refractivity contribution is -0.136. The van der Waals surface area contributed by atoms with Crippen LogP contribution in [0.1, 0.15) is 6.42 Å². The lowest BCUT2D eigenvalue weighted by Gasteiger charge is -2.11. The summed E-state index contributed by atoms with van der Waals surface area (Å²) in [6, 6.07) is 4.69. The normalized spacial score (nSPS) is 9.73. The summed E-state index contributed by atoms with van der Waals surface area (Å²) < 4.78 is 15.7. The molecule has 22 heavy (non-hydrogen) atoms. The quantitative estimate of drug-likeness (QED) is 0.584. The van der Waals surface area contributed by atoms with Crippen LogP contribution in [0.25, 0.3) is 0 Å². The second-order valence-corrected chi connectivity index (χ2v) is 4.22. The Bertz CT molecular complexity index is 484. The van der Waals surface area contributed by atoms with Crippen molar-refractivity contribution >= 4 is 12.0 Å². The average molecular weight is 312 g/mol. The van der Waals surface area contributed by atoms with Crippen LogP contribution in [0.3, 0.4) is 0 Å². The Labute approximate surface area is 128 Å². The van der Waals surface area contributed by atoms with Gasteiger partial charge in [-0.3, -0.25) is 4.79 Å². The highest BCUT2D eigenvalue weighted by atomic mass is 16.5. The smallest absolute Gasteiger partial charge is 0.314 e. The molecule has 8 heteroatoms. The van der Waals surface area contributed by atoms with Crippen molar-refractivity contribution in [3.8, 4) is 17.2 Å². The van der Waals surface area contributed by atoms with Gasteiger partial charge in [-0.1, -0.05) is 0 Å². The van der Waals surface area contributed by atoms with Gasteiger partial charge in [0.05, 0.1) is 27.2 Å². The van der Waals surface area contributed by atoms with Gasteiger partial charge in [0, 0.05) is 24.7 Å². The number of rotatable bonds is 9. The molecular formula is C14H20N2O6. The van der Waals surface area contributed by atoms with Crippen molar-refractivity contribution in [2.45, 2.75) is 6.42 Å². The molecule has 1 aromatic rings. The highest BCUT2D eigenvalue weighted by Crippen LogP contribution is 2.27. The summed E-state index contributed by atoms with van der Waals surface area (Å²) in [6.45, 7) is 0.607. The average Bonchev–Trinajstić information content (AvgIpc) is 2.50. The molecule has 122 valence electrons. The van der Waals surface area contributed by atoms with Crippen molar-refractivity contribution in [1.29, 1.82) is 0 Å². The van der Waals surface area contributed by atoms with Crippen LogP contribution < -0.4 is 24.8 Å². The molecule has 0 radical (unpaired) electrons. The standard InChI is InChI=1S/C14H20N2O6/c1-20-10-7-11(21-2)9-12(8-10)22-6-5-16-14(19)15-4-3-13(17)18/h7-9H,3-6H2,1-2H3,(H,17,18)(H2,15,16,19). The Kier molecular flexibility index (Phi) is 7.38. The van der Waals surface area contributed by atoms with Crippen LogP contribution in [0.4, 0.5) is 4.79 Å². The molecular weight excluding hydrogens is 292 g/mol. The predicted molar refractivity (Wildman–Crippen MR) is 78.7 cm³/mol. The van der Waals surface area contributed by atoms with Gasteiger partial charge in [-0.05, 0) is 0 Å². The van der Waals surface area contributed by atoms with E-state index in [1.165, 1.54) is 0 Å². The first-order chi connectivity index (χ1) is 10.5. The van der Waals surface area contributed by atoms with E-state index in [4.69, 9.17) is 19.3 Å². The highest BCUT2D eigenvalue weighted by molar-refractivity contribution is 5.74. The van der Waals surface area contributed by atoms with Gasteiger partial charge in [-0.2, -0.15) is 0 Å². The largest absolute Gasteiger partial charge is 0.496 e. The highest BCUT2D eigenvalue weighted by Gasteiger charge is 2.04. The lowest BCUT2D eigenvalue weighted by atomic mass is 10.3. The fourth-order valence-corrected chi connectivity index (χ4v) is 1.54. The predicted octanol–water partition coefficient (Wildman–Crippen LogP) is 0.856. The Morgan fingerprint density at radius 2 is 1.55 bits per heavy atom. The number of hydrogen-bond donors (Lipinski definition) is 3. The number of benzene rings is 1. The number of hydrogen-bond acceptors (Lipinski definition) is 5. The van der Waals surface area contributed by atoms with Crippen LogP contribution in [0, 0.1) is 0 Å². The van der Waals surface area contributed by atoms with E-state index in [9.17, 15) is 9.59 Å². The maximum Gasteiger partial charge on any atom is 0.314 e. The molecule has 2 amide bonds. The van der Waals surface area contributed by atoms with Crippen molar-refractivity contribution < 1.29 is 28.9 Å². The zero-order valence-electron chi connectivity index (χ0n) is 12.5. The molecule has 0 aromatic heterocycles. The zero-order chi connectivity index (χ0) is 16.4. The zero-order valence-corrected chi connectivity index (χ0v) is 12.5. The molecule has 0 aliphatic heterocycles. The van der Waals surface area contributed by atoms with Gasteiger partial charge >= 0.3 is 12.0 Å². The fourth-order valence-electron chi connectivity index (χ4n) is 1.54. The number of carboxylic acids is 1. The lowest BCUT2D eigenvalue weighted by Crippen LogP contribution is -2.38. The molecule has 0 aliphatic carbocycles. The monoisotopic (exact) mass is 312 g/mol. The van der Waals surface area contributed by atoms with Gasteiger partial charge in [-0.25, -0.2) is 4.79 Å². The Balaban J connectivity index is 2.29. The van der Waals surface area contributed by atoms with Gasteiger partial charge in [0.1, 0.15) is 23.9 Å². The summed E-state index contributed by atoms with van der Waals surface area (Å²) >= 11 is 0. The minimum absolute atomic E-state index is 0.0785. The molecule has 0 fully saturated rings. The number of carbonyl (C=O) groups excluding carboxylic acids is 1. The van der Waals surface area contributed by atoms with E-state index >= 15 is 0 Å². The van der Waals surface area contributed by atoms with Crippen molar-refractivity contribution in [2.24, 2.45) is 0 Å². The molecule has 0 aliphatic rings. The van der Waals surface area contributed by atoms with Crippen molar-refractivity contribution in [2.75, 3.05) is 33.9 Å². The maximum atomic E-state index is 11.3. The third-order valence-corrected chi connectivity index (χ3v) is 2.61. The minimum atomic E-state index is -0.962. The topological polar surface area (TPSA) is 106 Å². The van der Waals surface area contributed by atoms with Crippen molar-refractivity contribution in [3.05, 3.63) is 18.2 Å². The number of carbonyl (C=O) groups is 2. The van der Waals surface area contributed by atoms with Gasteiger partial charge in [0.2, 0.25) is 0 Å². The summed E-state index contributed by atoms with van der Waals surface area (Å²) in [5, 5.41) is 13.4. The molecule has 3 N–H and O–H groups in total. The van der Waals surface area contributed by atoms with E-state index in [1.54, 1.807) is 32.4 Å². The van der Waals surface area contributed by atoms with E-state index < -0.39 is 12.0 Å². The second kappa shape index (κ2) is 9.32. The molecule has 1 rings (SSSR count). The van der Waals surface area contributed by atoms with Gasteiger partial charge < -0.3 is 30.0 Å². The first-order valence-corrected chi connectivity index (χ1v) is 6.64. The number of methoxy groups -OCH3 is 2. The van der Waals surface area contributed by atoms with Crippen LogP contribution in [0.5, 0.6) is 17.2 Å². The van der Waals surface area contributed by atoms with Crippen LogP contribution >= 0.6 is 0 Å². The first kappa shape index (κ1) is 17.4. The van der Waals surface area contributed by atoms with E-state index in [2.05, 4.69) is 10.6 Å². The molecule has 0 atom stereocenters. The third-order valence-electron chi connectivity index (χ3n) is 2.61. The van der Waals surface area contributed by atoms with Crippen LogP contribution in [-0.4, -0.2) is 51.0 Å². The van der Waals surface area contributed by atoms with Gasteiger partial charge in [-0.15, -0.1) is 0 Å². The molecule has 0 saturated carbocycles. The Morgan fingerprint density at radius 3 is 2.09 bits per heavy atom. The molecule has 0 heterocycles. The number of urea groups is 1. The summed E-state index contributed by atoms with van der Waals surface area (Å²) in [5.41, 5.74) is 0. The molecule has 1 aromatic carbocycles. The SMILES string of the molecule is COc1cc(OC)cc(OCCNC(=O)NCCC(=O)O)c1. The maximum absolute atomic E-state index is 11.3. The number of nitrogens with one attached hydrogen (secondary N) is 2. The molecule has 8 nitrogen and oxygen atoms in total. The van der Waals surface area contributed by atoms with E-state index in [-0.39, 0.29) is 26.1 Å². The third kappa shape index (κ3) is 6.69. The summed E-state index contributed by atoms with van der Waals surface area (Å²) in [4.78, 5) is 21.6. The minimum Gasteiger partial charge on any atom is -0.496 e. The molecule has 0 saturated heterocycles. The van der Waals surface area contributed by atoms with Gasteiger partial charge in [0.15, 0.2) is 0 Å². The number of carboxylic acid groups (broad SMARTS) is 1.